The van der Waals surface area contributed by atoms with Crippen LogP contribution < -0.4 is 5.32 Å². The maximum atomic E-state index is 12.2. The molecule has 0 fully saturated rings. The molecule has 1 amide bonds. The summed E-state index contributed by atoms with van der Waals surface area (Å²) in [5.41, 5.74) is 0.131. The number of ether oxygens (including phenoxy) is 2. The van der Waals surface area contributed by atoms with E-state index in [2.05, 4.69) is 5.32 Å². The summed E-state index contributed by atoms with van der Waals surface area (Å²) in [5, 5.41) is 2.43. The van der Waals surface area contributed by atoms with E-state index in [-0.39, 0.29) is 0 Å². The van der Waals surface area contributed by atoms with Crippen molar-refractivity contribution in [1.82, 2.24) is 5.32 Å². The molecule has 5 nitrogen and oxygen atoms in total. The Kier molecular flexibility index (Phi) is 8.06. The number of nitrogens with one attached hydrogen (secondary N) is 1. The van der Waals surface area contributed by atoms with Gasteiger partial charge in [0.15, 0.2) is 0 Å². The fourth-order valence-corrected chi connectivity index (χ4v) is 1.80. The van der Waals surface area contributed by atoms with E-state index in [0.717, 1.165) is 5.56 Å². The highest BCUT2D eigenvalue weighted by molar-refractivity contribution is 6.67. The van der Waals surface area contributed by atoms with Crippen molar-refractivity contribution < 1.29 is 19.1 Å². The van der Waals surface area contributed by atoms with Crippen LogP contribution in [0.25, 0.3) is 6.08 Å². The fourth-order valence-electron chi connectivity index (χ4n) is 1.63. The van der Waals surface area contributed by atoms with Gasteiger partial charge in [-0.15, -0.1) is 0 Å². The van der Waals surface area contributed by atoms with E-state index in [4.69, 9.17) is 44.3 Å². The predicted molar refractivity (Wildman–Crippen MR) is 99.9 cm³/mol. The zero-order valence-electron chi connectivity index (χ0n) is 14.1. The third-order valence-electron chi connectivity index (χ3n) is 2.58. The fraction of sp³-hybridized carbons (Fsp3) is 0.412. The largest absolute Gasteiger partial charge is 0.459 e. The smallest absolute Gasteiger partial charge is 0.408 e. The number of esters is 1. The Morgan fingerprint density at radius 3 is 2.28 bits per heavy atom. The third-order valence-corrected chi connectivity index (χ3v) is 2.91. The highest BCUT2D eigenvalue weighted by Gasteiger charge is 2.27. The predicted octanol–water partition coefficient (Wildman–Crippen LogP) is 4.51. The number of rotatable bonds is 5. The van der Waals surface area contributed by atoms with Crippen molar-refractivity contribution in [3.05, 3.63) is 42.0 Å². The molecule has 1 atom stereocenters. The molecule has 1 unspecified atom stereocenters. The average Bonchev–Trinajstić information content (AvgIpc) is 2.47. The van der Waals surface area contributed by atoms with Gasteiger partial charge in [-0.3, -0.25) is 0 Å². The van der Waals surface area contributed by atoms with Crippen LogP contribution in [0.5, 0.6) is 0 Å². The molecule has 0 radical (unpaired) electrons. The quantitative estimate of drug-likeness (QED) is 0.575. The molecule has 0 saturated carbocycles. The van der Waals surface area contributed by atoms with Crippen molar-refractivity contribution in [1.29, 1.82) is 0 Å². The van der Waals surface area contributed by atoms with Crippen LogP contribution in [-0.2, 0) is 14.3 Å². The summed E-state index contributed by atoms with van der Waals surface area (Å²) >= 11 is 16.7. The molecular weight excluding hydrogens is 389 g/mol. The lowest BCUT2D eigenvalue weighted by Gasteiger charge is -2.22. The second-order valence-corrected chi connectivity index (χ2v) is 8.63. The van der Waals surface area contributed by atoms with Gasteiger partial charge in [0.2, 0.25) is 3.79 Å². The van der Waals surface area contributed by atoms with E-state index in [9.17, 15) is 9.59 Å². The molecular formula is C17H20Cl3NO4. The number of hydrogen-bond acceptors (Lipinski definition) is 4. The van der Waals surface area contributed by atoms with Crippen molar-refractivity contribution >= 4 is 52.9 Å². The molecule has 1 N–H and O–H groups in total. The number of alkyl halides is 3. The molecule has 0 aliphatic carbocycles. The number of amides is 1. The molecule has 0 aliphatic heterocycles. The average molecular weight is 409 g/mol. The van der Waals surface area contributed by atoms with Crippen LogP contribution in [0.2, 0.25) is 0 Å². The maximum absolute atomic E-state index is 12.2. The molecule has 0 heterocycles. The van der Waals surface area contributed by atoms with Gasteiger partial charge in [0.05, 0.1) is 0 Å². The van der Waals surface area contributed by atoms with Gasteiger partial charge >= 0.3 is 12.1 Å². The first-order valence-electron chi connectivity index (χ1n) is 7.42. The molecule has 0 saturated heterocycles. The summed E-state index contributed by atoms with van der Waals surface area (Å²) in [6.07, 6.45) is 2.37. The van der Waals surface area contributed by atoms with Crippen molar-refractivity contribution in [2.45, 2.75) is 36.2 Å². The monoisotopic (exact) mass is 407 g/mol. The molecule has 1 rings (SSSR count). The molecule has 1 aromatic rings. The van der Waals surface area contributed by atoms with E-state index in [1.54, 1.807) is 26.8 Å². The third kappa shape index (κ3) is 10.2. The minimum absolute atomic E-state index is 0.442. The Hall–Kier alpha value is -1.43. The van der Waals surface area contributed by atoms with Crippen molar-refractivity contribution in [2.75, 3.05) is 6.61 Å². The summed E-state index contributed by atoms with van der Waals surface area (Å²) in [6, 6.07) is 8.14. The lowest BCUT2D eigenvalue weighted by molar-refractivity contribution is -0.144. The first-order chi connectivity index (χ1) is 11.5. The minimum atomic E-state index is -1.74. The molecule has 0 bridgehead atoms. The van der Waals surface area contributed by atoms with E-state index in [0.29, 0.717) is 0 Å². The van der Waals surface area contributed by atoms with Crippen LogP contribution in [0.1, 0.15) is 26.3 Å². The van der Waals surface area contributed by atoms with Gasteiger partial charge in [-0.25, -0.2) is 9.59 Å². The van der Waals surface area contributed by atoms with E-state index in [1.807, 2.05) is 30.3 Å². The standard InChI is InChI=1S/C17H20Cl3NO4/c1-16(2,3)25-15(23)21-13(14(22)24-11-17(18,19)20)10-9-12-7-5-4-6-8-12/h4-10,13H,11H2,1-3H3,(H,21,23)/b10-9+. The molecule has 0 aliphatic rings. The Labute approximate surface area is 162 Å². The van der Waals surface area contributed by atoms with Crippen molar-refractivity contribution in [3.63, 3.8) is 0 Å². The van der Waals surface area contributed by atoms with Crippen LogP contribution in [0, 0.1) is 0 Å². The SMILES string of the molecule is CC(C)(C)OC(=O)NC(/C=C/c1ccccc1)C(=O)OCC(Cl)(Cl)Cl. The van der Waals surface area contributed by atoms with Crippen LogP contribution in [-0.4, -0.2) is 34.1 Å². The Morgan fingerprint density at radius 1 is 1.16 bits per heavy atom. The second-order valence-electron chi connectivity index (χ2n) is 6.12. The summed E-state index contributed by atoms with van der Waals surface area (Å²) in [6.45, 7) is 4.69. The summed E-state index contributed by atoms with van der Waals surface area (Å²) in [7, 11) is 0. The minimum Gasteiger partial charge on any atom is -0.459 e. The topological polar surface area (TPSA) is 64.6 Å². The van der Waals surface area contributed by atoms with Crippen LogP contribution >= 0.6 is 34.8 Å². The number of hydrogen-bond donors (Lipinski definition) is 1. The lowest BCUT2D eigenvalue weighted by atomic mass is 10.1. The number of benzene rings is 1. The van der Waals surface area contributed by atoms with Gasteiger partial charge < -0.3 is 14.8 Å². The number of halogens is 3. The Morgan fingerprint density at radius 2 is 1.76 bits per heavy atom. The van der Waals surface area contributed by atoms with Crippen LogP contribution in [0.4, 0.5) is 4.79 Å². The molecule has 25 heavy (non-hydrogen) atoms. The van der Waals surface area contributed by atoms with Gasteiger partial charge in [0, 0.05) is 0 Å². The van der Waals surface area contributed by atoms with Crippen LogP contribution in [0.3, 0.4) is 0 Å². The van der Waals surface area contributed by atoms with E-state index < -0.39 is 34.1 Å². The second kappa shape index (κ2) is 9.32. The Balaban J connectivity index is 2.83. The maximum Gasteiger partial charge on any atom is 0.408 e. The first-order valence-corrected chi connectivity index (χ1v) is 8.56. The van der Waals surface area contributed by atoms with Crippen molar-refractivity contribution in [3.8, 4) is 0 Å². The number of carbonyl (C=O) groups is 2. The zero-order valence-corrected chi connectivity index (χ0v) is 16.4. The summed E-state index contributed by atoms with van der Waals surface area (Å²) in [4.78, 5) is 24.1. The van der Waals surface area contributed by atoms with Gasteiger partial charge in [-0.2, -0.15) is 0 Å². The lowest BCUT2D eigenvalue weighted by Crippen LogP contribution is -2.43. The molecule has 8 heteroatoms. The van der Waals surface area contributed by atoms with Gasteiger partial charge in [0.25, 0.3) is 0 Å². The molecule has 138 valence electrons. The van der Waals surface area contributed by atoms with Crippen molar-refractivity contribution in [2.24, 2.45) is 0 Å². The number of carbonyl (C=O) groups excluding carboxylic acids is 2. The van der Waals surface area contributed by atoms with Crippen LogP contribution in [0.15, 0.2) is 36.4 Å². The molecule has 0 aromatic heterocycles. The normalized spacial score (nSPS) is 13.4. The highest BCUT2D eigenvalue weighted by Crippen LogP contribution is 2.26. The van der Waals surface area contributed by atoms with Gasteiger partial charge in [0.1, 0.15) is 18.2 Å². The first kappa shape index (κ1) is 21.6. The number of alkyl carbamates (subject to hydrolysis) is 1. The molecule has 1 aromatic carbocycles. The van der Waals surface area contributed by atoms with Gasteiger partial charge in [-0.05, 0) is 26.3 Å². The van der Waals surface area contributed by atoms with E-state index >= 15 is 0 Å². The Bertz CT molecular complexity index is 607. The van der Waals surface area contributed by atoms with E-state index in [1.165, 1.54) is 6.08 Å². The zero-order chi connectivity index (χ0) is 19.1. The molecule has 0 spiro atoms. The summed E-state index contributed by atoms with van der Waals surface area (Å²) in [5.74, 6) is -0.774. The summed E-state index contributed by atoms with van der Waals surface area (Å²) < 4.78 is 8.34. The van der Waals surface area contributed by atoms with Gasteiger partial charge in [-0.1, -0.05) is 77.3 Å². The highest BCUT2D eigenvalue weighted by atomic mass is 35.6.